The maximum absolute atomic E-state index is 12.7. The number of aromatic amines is 1. The minimum Gasteiger partial charge on any atom is -0.497 e. The van der Waals surface area contributed by atoms with Gasteiger partial charge in [-0.1, -0.05) is 6.07 Å². The van der Waals surface area contributed by atoms with E-state index >= 15 is 0 Å². The second-order valence-corrected chi connectivity index (χ2v) is 6.20. The van der Waals surface area contributed by atoms with E-state index in [1.54, 1.807) is 24.3 Å². The van der Waals surface area contributed by atoms with E-state index < -0.39 is 17.6 Å². The number of hydrogen-bond donors (Lipinski definition) is 2. The van der Waals surface area contributed by atoms with Gasteiger partial charge in [-0.15, -0.1) is 0 Å². The van der Waals surface area contributed by atoms with Crippen LogP contribution in [0.2, 0.25) is 0 Å². The summed E-state index contributed by atoms with van der Waals surface area (Å²) in [7, 11) is 1.52. The molecule has 0 fully saturated rings. The summed E-state index contributed by atoms with van der Waals surface area (Å²) in [6, 6.07) is 11.3. The van der Waals surface area contributed by atoms with Crippen molar-refractivity contribution in [3.8, 4) is 5.75 Å². The van der Waals surface area contributed by atoms with Gasteiger partial charge in [0.05, 0.1) is 18.2 Å². The zero-order chi connectivity index (χ0) is 20.3. The topological polar surface area (TPSA) is 71.2 Å². The zero-order valence-corrected chi connectivity index (χ0v) is 14.9. The van der Waals surface area contributed by atoms with Crippen molar-refractivity contribution in [3.05, 3.63) is 70.0 Å². The summed E-state index contributed by atoms with van der Waals surface area (Å²) >= 11 is 0. The third kappa shape index (κ3) is 4.51. The third-order valence-electron chi connectivity index (χ3n) is 4.23. The minimum atomic E-state index is -4.48. The molecule has 2 N–H and O–H groups in total. The van der Waals surface area contributed by atoms with E-state index in [4.69, 9.17) is 4.74 Å². The number of aryl methyl sites for hydroxylation is 1. The van der Waals surface area contributed by atoms with Crippen LogP contribution in [0.4, 0.5) is 18.9 Å². The molecule has 0 saturated heterocycles. The van der Waals surface area contributed by atoms with Crippen molar-refractivity contribution in [1.29, 1.82) is 0 Å². The molecule has 8 heteroatoms. The van der Waals surface area contributed by atoms with Gasteiger partial charge in [0.15, 0.2) is 0 Å². The fraction of sp³-hybridized carbons (Fsp3) is 0.200. The number of ether oxygens (including phenoxy) is 1. The Bertz CT molecular complexity index is 1070. The quantitative estimate of drug-likeness (QED) is 0.688. The maximum Gasteiger partial charge on any atom is 0.416 e. The molecule has 0 spiro atoms. The molecule has 0 aliphatic heterocycles. The van der Waals surface area contributed by atoms with Crippen LogP contribution in [0.15, 0.2) is 53.3 Å². The van der Waals surface area contributed by atoms with Crippen LogP contribution in [0.3, 0.4) is 0 Å². The second-order valence-electron chi connectivity index (χ2n) is 6.20. The maximum atomic E-state index is 12.7. The van der Waals surface area contributed by atoms with Crippen LogP contribution in [0, 0.1) is 0 Å². The molecule has 146 valence electrons. The van der Waals surface area contributed by atoms with Crippen molar-refractivity contribution in [2.24, 2.45) is 0 Å². The predicted octanol–water partition coefficient (Wildman–Crippen LogP) is 4.13. The average molecular weight is 390 g/mol. The largest absolute Gasteiger partial charge is 0.497 e. The first kappa shape index (κ1) is 19.5. The highest BCUT2D eigenvalue weighted by atomic mass is 19.4. The van der Waals surface area contributed by atoms with Crippen molar-refractivity contribution in [2.75, 3.05) is 12.4 Å². The number of benzene rings is 2. The fourth-order valence-corrected chi connectivity index (χ4v) is 2.78. The Kier molecular flexibility index (Phi) is 5.39. The number of halogens is 3. The summed E-state index contributed by atoms with van der Waals surface area (Å²) in [5.74, 6) is 0.130. The molecular weight excluding hydrogens is 373 g/mol. The summed E-state index contributed by atoms with van der Waals surface area (Å²) < 4.78 is 43.3. The molecule has 0 saturated carbocycles. The zero-order valence-electron chi connectivity index (χ0n) is 14.9. The van der Waals surface area contributed by atoms with Gasteiger partial charge >= 0.3 is 6.18 Å². The molecular formula is C20H17F3N2O3. The molecule has 1 aromatic heterocycles. The Morgan fingerprint density at radius 1 is 1.14 bits per heavy atom. The first-order valence-electron chi connectivity index (χ1n) is 8.43. The first-order chi connectivity index (χ1) is 13.3. The lowest BCUT2D eigenvalue weighted by atomic mass is 10.1. The Balaban J connectivity index is 1.69. The average Bonchev–Trinajstić information content (AvgIpc) is 2.65. The van der Waals surface area contributed by atoms with E-state index in [9.17, 15) is 22.8 Å². The molecule has 0 aliphatic carbocycles. The van der Waals surface area contributed by atoms with Crippen LogP contribution in [0.25, 0.3) is 10.9 Å². The first-order valence-corrected chi connectivity index (χ1v) is 8.43. The Hall–Kier alpha value is -3.29. The van der Waals surface area contributed by atoms with E-state index in [0.29, 0.717) is 16.8 Å². The smallest absolute Gasteiger partial charge is 0.416 e. The summed E-state index contributed by atoms with van der Waals surface area (Å²) in [6.45, 7) is 0. The summed E-state index contributed by atoms with van der Waals surface area (Å²) in [6.07, 6.45) is -4.37. The molecule has 3 rings (SSSR count). The van der Waals surface area contributed by atoms with Gasteiger partial charge in [-0.05, 0) is 48.2 Å². The van der Waals surface area contributed by atoms with Gasteiger partial charge in [0.2, 0.25) is 5.91 Å². The molecule has 0 atom stereocenters. The lowest BCUT2D eigenvalue weighted by molar-refractivity contribution is -0.137. The molecule has 2 aromatic carbocycles. The highest BCUT2D eigenvalue weighted by Gasteiger charge is 2.30. The number of H-pyrrole nitrogens is 1. The number of fused-ring (bicyclic) bond motifs is 1. The number of aromatic nitrogens is 1. The number of methoxy groups -OCH3 is 1. The van der Waals surface area contributed by atoms with Crippen LogP contribution in [-0.2, 0) is 17.4 Å². The van der Waals surface area contributed by atoms with E-state index in [1.807, 2.05) is 0 Å². The van der Waals surface area contributed by atoms with Crippen LogP contribution in [0.1, 0.15) is 17.5 Å². The summed E-state index contributed by atoms with van der Waals surface area (Å²) in [5, 5.41) is 3.21. The molecule has 0 aliphatic rings. The number of hydrogen-bond acceptors (Lipinski definition) is 3. The molecule has 28 heavy (non-hydrogen) atoms. The number of nitrogens with one attached hydrogen (secondary N) is 2. The highest BCUT2D eigenvalue weighted by molar-refractivity contribution is 5.91. The van der Waals surface area contributed by atoms with Crippen molar-refractivity contribution < 1.29 is 22.7 Å². The molecule has 1 amide bonds. The van der Waals surface area contributed by atoms with Crippen LogP contribution < -0.4 is 15.6 Å². The van der Waals surface area contributed by atoms with Gasteiger partial charge in [0, 0.05) is 23.7 Å². The van der Waals surface area contributed by atoms with Gasteiger partial charge in [-0.25, -0.2) is 0 Å². The van der Waals surface area contributed by atoms with E-state index in [2.05, 4.69) is 10.3 Å². The van der Waals surface area contributed by atoms with Crippen molar-refractivity contribution in [2.45, 2.75) is 19.0 Å². The SMILES string of the molecule is COc1ccc2cc(CCC(=O)Nc3cccc(C(F)(F)F)c3)c(=O)[nH]c2c1. The fourth-order valence-electron chi connectivity index (χ4n) is 2.78. The number of rotatable bonds is 5. The minimum absolute atomic E-state index is 0.0407. The number of alkyl halides is 3. The molecule has 0 bridgehead atoms. The monoisotopic (exact) mass is 390 g/mol. The van der Waals surface area contributed by atoms with E-state index in [1.165, 1.54) is 19.2 Å². The molecule has 5 nitrogen and oxygen atoms in total. The van der Waals surface area contributed by atoms with Gasteiger partial charge in [-0.2, -0.15) is 13.2 Å². The number of pyridine rings is 1. The Labute approximate surface area is 158 Å². The lowest BCUT2D eigenvalue weighted by Crippen LogP contribution is -2.17. The number of carbonyl (C=O) groups excluding carboxylic acids is 1. The van der Waals surface area contributed by atoms with Crippen molar-refractivity contribution in [3.63, 3.8) is 0 Å². The van der Waals surface area contributed by atoms with Crippen molar-refractivity contribution in [1.82, 2.24) is 4.98 Å². The summed E-state index contributed by atoms with van der Waals surface area (Å²) in [4.78, 5) is 27.0. The molecule has 0 radical (unpaired) electrons. The van der Waals surface area contributed by atoms with E-state index in [-0.39, 0.29) is 24.1 Å². The number of carbonyl (C=O) groups is 1. The molecule has 0 unspecified atom stereocenters. The Morgan fingerprint density at radius 2 is 1.93 bits per heavy atom. The van der Waals surface area contributed by atoms with E-state index in [0.717, 1.165) is 17.5 Å². The molecule has 1 heterocycles. The van der Waals surface area contributed by atoms with Gasteiger partial charge in [-0.3, -0.25) is 9.59 Å². The van der Waals surface area contributed by atoms with Crippen LogP contribution in [-0.4, -0.2) is 18.0 Å². The van der Waals surface area contributed by atoms with Gasteiger partial charge in [0.1, 0.15) is 5.75 Å². The van der Waals surface area contributed by atoms with Crippen LogP contribution >= 0.6 is 0 Å². The standard InChI is InChI=1S/C20H17F3N2O3/c1-28-16-7-5-12-9-13(19(27)25-17(12)11-16)6-8-18(26)24-15-4-2-3-14(10-15)20(21,22)23/h2-5,7,9-11H,6,8H2,1H3,(H,24,26)(H,25,27). The second kappa shape index (κ2) is 7.75. The number of amides is 1. The van der Waals surface area contributed by atoms with Crippen LogP contribution in [0.5, 0.6) is 5.75 Å². The van der Waals surface area contributed by atoms with Gasteiger partial charge in [0.25, 0.3) is 5.56 Å². The normalized spacial score (nSPS) is 11.4. The highest BCUT2D eigenvalue weighted by Crippen LogP contribution is 2.30. The number of anilines is 1. The lowest BCUT2D eigenvalue weighted by Gasteiger charge is -2.10. The van der Waals surface area contributed by atoms with Crippen molar-refractivity contribution >= 4 is 22.5 Å². The molecule has 3 aromatic rings. The predicted molar refractivity (Wildman–Crippen MR) is 99.5 cm³/mol. The Morgan fingerprint density at radius 3 is 2.64 bits per heavy atom. The third-order valence-corrected chi connectivity index (χ3v) is 4.23. The summed E-state index contributed by atoms with van der Waals surface area (Å²) in [5.41, 5.74) is -0.0861. The van der Waals surface area contributed by atoms with Gasteiger partial charge < -0.3 is 15.0 Å².